The van der Waals surface area contributed by atoms with Gasteiger partial charge in [-0.2, -0.15) is 10.5 Å². The second-order valence-electron chi connectivity index (χ2n) is 13.0. The Bertz CT molecular complexity index is 2270. The summed E-state index contributed by atoms with van der Waals surface area (Å²) in [6, 6.07) is 31.1. The van der Waals surface area contributed by atoms with E-state index in [9.17, 15) is 29.7 Å². The third kappa shape index (κ3) is 10.8. The maximum Gasteiger partial charge on any atom is 0.349 e. The van der Waals surface area contributed by atoms with Gasteiger partial charge in [0.15, 0.2) is 35.2 Å². The van der Waals surface area contributed by atoms with E-state index in [0.29, 0.717) is 11.1 Å². The highest BCUT2D eigenvalue weighted by atomic mass is 16.7. The molecule has 14 heteroatoms. The van der Waals surface area contributed by atoms with Gasteiger partial charge in [-0.3, -0.25) is 0 Å². The fraction of sp³-hybridized carbons (Fsp3) is 0.174. The first-order chi connectivity index (χ1) is 29.2. The third-order valence-corrected chi connectivity index (χ3v) is 9.00. The zero-order valence-electron chi connectivity index (χ0n) is 32.2. The molecule has 0 bridgehead atoms. The van der Waals surface area contributed by atoms with Crippen molar-refractivity contribution in [1.82, 2.24) is 0 Å². The van der Waals surface area contributed by atoms with Crippen LogP contribution in [0, 0.1) is 22.7 Å². The SMILES string of the molecule is COc1cc(/C=C(\C#N)C(=O)O[C@H]2CO[C@H]3[C@@H]2OC[C@H]3OC(=O)/C(C#N)=C/c2ccc(OC(=O)/C=C/c3ccccc3)c(OC)c2)ccc1OC(=O)/C=C/c1ccccc1. The molecular weight excluding hydrogens is 773 g/mol. The maximum absolute atomic E-state index is 13.1. The molecule has 2 heterocycles. The number of rotatable bonds is 14. The second kappa shape index (κ2) is 20.1. The number of nitrogens with zero attached hydrogens (tertiary/aromatic N) is 2. The Hall–Kier alpha value is -7.78. The van der Waals surface area contributed by atoms with E-state index in [4.69, 9.17) is 37.9 Å². The van der Waals surface area contributed by atoms with E-state index < -0.39 is 48.3 Å². The summed E-state index contributed by atoms with van der Waals surface area (Å²) in [5, 5.41) is 19.6. The molecule has 60 heavy (non-hydrogen) atoms. The second-order valence-corrected chi connectivity index (χ2v) is 13.0. The molecule has 0 amide bonds. The summed E-state index contributed by atoms with van der Waals surface area (Å²) in [4.78, 5) is 51.1. The van der Waals surface area contributed by atoms with Crippen molar-refractivity contribution in [2.75, 3.05) is 27.4 Å². The lowest BCUT2D eigenvalue weighted by Crippen LogP contribution is -2.36. The van der Waals surface area contributed by atoms with Crippen molar-refractivity contribution in [2.45, 2.75) is 24.4 Å². The molecule has 2 aliphatic rings. The molecular formula is C46H36N2O12. The van der Waals surface area contributed by atoms with Crippen LogP contribution in [0.3, 0.4) is 0 Å². The number of methoxy groups -OCH3 is 2. The number of ether oxygens (including phenoxy) is 8. The van der Waals surface area contributed by atoms with Crippen LogP contribution in [0.25, 0.3) is 24.3 Å². The Morgan fingerprint density at radius 2 is 0.967 bits per heavy atom. The van der Waals surface area contributed by atoms with Gasteiger partial charge in [0.25, 0.3) is 0 Å². The van der Waals surface area contributed by atoms with Crippen LogP contribution in [-0.2, 0) is 38.1 Å². The number of benzene rings is 4. The highest BCUT2D eigenvalue weighted by Crippen LogP contribution is 2.33. The Labute approximate surface area is 344 Å². The van der Waals surface area contributed by atoms with Crippen LogP contribution in [0.15, 0.2) is 120 Å². The van der Waals surface area contributed by atoms with Crippen LogP contribution in [0.1, 0.15) is 22.3 Å². The zero-order chi connectivity index (χ0) is 42.4. The predicted octanol–water partition coefficient (Wildman–Crippen LogP) is 6.08. The molecule has 0 aliphatic carbocycles. The average Bonchev–Trinajstić information content (AvgIpc) is 3.87. The van der Waals surface area contributed by atoms with Gasteiger partial charge >= 0.3 is 23.9 Å². The van der Waals surface area contributed by atoms with Crippen LogP contribution < -0.4 is 18.9 Å². The van der Waals surface area contributed by atoms with Crippen molar-refractivity contribution < 1.29 is 57.1 Å². The van der Waals surface area contributed by atoms with Gasteiger partial charge in [-0.1, -0.05) is 72.8 Å². The summed E-state index contributed by atoms with van der Waals surface area (Å²) in [5.41, 5.74) is 1.71. The van der Waals surface area contributed by atoms with E-state index in [1.807, 2.05) is 72.8 Å². The molecule has 0 saturated carbocycles. The topological polar surface area (TPSA) is 190 Å². The van der Waals surface area contributed by atoms with Crippen molar-refractivity contribution in [3.8, 4) is 35.1 Å². The van der Waals surface area contributed by atoms with Crippen molar-refractivity contribution >= 4 is 48.2 Å². The van der Waals surface area contributed by atoms with Gasteiger partial charge in [0.2, 0.25) is 0 Å². The molecule has 302 valence electrons. The Balaban J connectivity index is 1.04. The van der Waals surface area contributed by atoms with E-state index >= 15 is 0 Å². The number of carbonyl (C=O) groups is 4. The van der Waals surface area contributed by atoms with Crippen LogP contribution in [-0.4, -0.2) is 75.7 Å². The van der Waals surface area contributed by atoms with E-state index in [1.165, 1.54) is 74.9 Å². The molecule has 6 rings (SSSR count). The van der Waals surface area contributed by atoms with Crippen LogP contribution in [0.2, 0.25) is 0 Å². The van der Waals surface area contributed by atoms with Gasteiger partial charge < -0.3 is 37.9 Å². The van der Waals surface area contributed by atoms with E-state index in [-0.39, 0.29) is 47.4 Å². The molecule has 2 aliphatic heterocycles. The number of hydrogen-bond donors (Lipinski definition) is 0. The maximum atomic E-state index is 13.1. The number of nitriles is 2. The summed E-state index contributed by atoms with van der Waals surface area (Å²) < 4.78 is 44.3. The fourth-order valence-corrected chi connectivity index (χ4v) is 6.10. The molecule has 0 N–H and O–H groups in total. The van der Waals surface area contributed by atoms with Crippen molar-refractivity contribution in [2.24, 2.45) is 0 Å². The predicted molar refractivity (Wildman–Crippen MR) is 215 cm³/mol. The molecule has 2 saturated heterocycles. The largest absolute Gasteiger partial charge is 0.493 e. The summed E-state index contributed by atoms with van der Waals surface area (Å²) in [6.45, 7) is -0.222. The van der Waals surface area contributed by atoms with Gasteiger partial charge in [0.1, 0.15) is 35.5 Å². The van der Waals surface area contributed by atoms with Gasteiger partial charge in [0.05, 0.1) is 27.4 Å². The number of esters is 4. The van der Waals surface area contributed by atoms with Crippen molar-refractivity contribution in [3.05, 3.63) is 143 Å². The first kappa shape index (κ1) is 41.8. The van der Waals surface area contributed by atoms with Crippen molar-refractivity contribution in [3.63, 3.8) is 0 Å². The quantitative estimate of drug-likeness (QED) is 0.0617. The molecule has 0 radical (unpaired) electrons. The molecule has 0 spiro atoms. The standard InChI is InChI=1S/C46H36N2O12/c1-53-37-23-31(13-17-35(37)57-41(49)19-15-29-9-5-3-6-10-29)21-33(25-47)45(51)59-39-27-55-44-40(28-56-43(39)44)60-46(52)34(26-48)22-32-14-18-36(38(24-32)54-2)58-42(50)20-16-30-11-7-4-8-12-30/h3-24,39-40,43-44H,27-28H2,1-2H3/b19-15+,20-16+,33-21+,34-22+/t39-,40+,43-,44-/m1/s1. The van der Waals surface area contributed by atoms with E-state index in [2.05, 4.69) is 0 Å². The molecule has 4 aromatic carbocycles. The Morgan fingerprint density at radius 3 is 1.33 bits per heavy atom. The molecule has 0 unspecified atom stereocenters. The first-order valence-corrected chi connectivity index (χ1v) is 18.3. The number of carbonyl (C=O) groups excluding carboxylic acids is 4. The average molecular weight is 809 g/mol. The normalized spacial score (nSPS) is 18.5. The van der Waals surface area contributed by atoms with E-state index in [0.717, 1.165) is 11.1 Å². The fourth-order valence-electron chi connectivity index (χ4n) is 6.10. The number of fused-ring (bicyclic) bond motifs is 1. The summed E-state index contributed by atoms with van der Waals surface area (Å²) in [5.74, 6) is -2.56. The molecule has 0 aromatic heterocycles. The van der Waals surface area contributed by atoms with Crippen molar-refractivity contribution in [1.29, 1.82) is 10.5 Å². The summed E-state index contributed by atoms with van der Waals surface area (Å²) in [6.07, 6.45) is 4.81. The minimum atomic E-state index is -0.953. The highest BCUT2D eigenvalue weighted by molar-refractivity contribution is 5.99. The highest BCUT2D eigenvalue weighted by Gasteiger charge is 2.51. The van der Waals surface area contributed by atoms with Gasteiger partial charge in [-0.15, -0.1) is 0 Å². The molecule has 4 aromatic rings. The Kier molecular flexibility index (Phi) is 14.0. The molecule has 14 nitrogen and oxygen atoms in total. The molecule has 4 atom stereocenters. The first-order valence-electron chi connectivity index (χ1n) is 18.3. The van der Waals surface area contributed by atoms with Crippen LogP contribution in [0.4, 0.5) is 0 Å². The van der Waals surface area contributed by atoms with Crippen LogP contribution in [0.5, 0.6) is 23.0 Å². The lowest BCUT2D eigenvalue weighted by Gasteiger charge is -2.17. The van der Waals surface area contributed by atoms with Gasteiger partial charge in [-0.05, 0) is 70.8 Å². The Morgan fingerprint density at radius 1 is 0.567 bits per heavy atom. The van der Waals surface area contributed by atoms with Gasteiger partial charge in [0, 0.05) is 12.2 Å². The molecule has 2 fully saturated rings. The zero-order valence-corrected chi connectivity index (χ0v) is 32.2. The lowest BCUT2D eigenvalue weighted by atomic mass is 10.1. The van der Waals surface area contributed by atoms with E-state index in [1.54, 1.807) is 12.2 Å². The summed E-state index contributed by atoms with van der Waals surface area (Å²) >= 11 is 0. The summed E-state index contributed by atoms with van der Waals surface area (Å²) in [7, 11) is 2.76. The lowest BCUT2D eigenvalue weighted by molar-refractivity contribution is -0.150. The minimum absolute atomic E-state index is 0.111. The monoisotopic (exact) mass is 808 g/mol. The number of hydrogen-bond acceptors (Lipinski definition) is 14. The minimum Gasteiger partial charge on any atom is -0.493 e. The van der Waals surface area contributed by atoms with Gasteiger partial charge in [-0.25, -0.2) is 19.2 Å². The smallest absolute Gasteiger partial charge is 0.349 e. The van der Waals surface area contributed by atoms with Crippen LogP contribution >= 0.6 is 0 Å². The third-order valence-electron chi connectivity index (χ3n) is 9.00.